The zero-order chi connectivity index (χ0) is 8.39. The summed E-state index contributed by atoms with van der Waals surface area (Å²) in [6.45, 7) is 7.59. The van der Waals surface area contributed by atoms with Gasteiger partial charge in [-0.2, -0.15) is 0 Å². The molecule has 12 heavy (non-hydrogen) atoms. The summed E-state index contributed by atoms with van der Waals surface area (Å²) < 4.78 is 0. The van der Waals surface area contributed by atoms with E-state index in [1.54, 1.807) is 0 Å². The van der Waals surface area contributed by atoms with E-state index in [0.717, 1.165) is 12.0 Å². The summed E-state index contributed by atoms with van der Waals surface area (Å²) in [4.78, 5) is 2.63. The van der Waals surface area contributed by atoms with Crippen LogP contribution in [0, 0.1) is 5.92 Å². The molecular weight excluding hydrogens is 148 g/mol. The third-order valence-electron chi connectivity index (χ3n) is 3.16. The summed E-state index contributed by atoms with van der Waals surface area (Å²) in [5.41, 5.74) is 0. The van der Waals surface area contributed by atoms with Gasteiger partial charge in [-0.05, 0) is 51.7 Å². The van der Waals surface area contributed by atoms with E-state index in [9.17, 15) is 0 Å². The van der Waals surface area contributed by atoms with Gasteiger partial charge in [0, 0.05) is 12.6 Å². The highest BCUT2D eigenvalue weighted by Gasteiger charge is 2.23. The molecule has 2 heterocycles. The molecule has 0 aromatic heterocycles. The van der Waals surface area contributed by atoms with Crippen LogP contribution in [0.15, 0.2) is 0 Å². The first-order valence-corrected chi connectivity index (χ1v) is 5.30. The third-order valence-corrected chi connectivity index (χ3v) is 3.16. The molecule has 2 saturated heterocycles. The van der Waals surface area contributed by atoms with Gasteiger partial charge in [0.1, 0.15) is 0 Å². The first-order valence-electron chi connectivity index (χ1n) is 5.30. The van der Waals surface area contributed by atoms with Gasteiger partial charge in [-0.1, -0.05) is 0 Å². The molecule has 2 aliphatic heterocycles. The van der Waals surface area contributed by atoms with Crippen molar-refractivity contribution in [3.05, 3.63) is 0 Å². The van der Waals surface area contributed by atoms with E-state index in [2.05, 4.69) is 17.1 Å². The molecule has 1 N–H and O–H groups in total. The lowest BCUT2D eigenvalue weighted by Gasteiger charge is -2.18. The van der Waals surface area contributed by atoms with E-state index in [0.29, 0.717) is 0 Å². The molecule has 0 aromatic rings. The highest BCUT2D eigenvalue weighted by molar-refractivity contribution is 4.81. The van der Waals surface area contributed by atoms with Gasteiger partial charge in [0.05, 0.1) is 0 Å². The van der Waals surface area contributed by atoms with Gasteiger partial charge in [-0.15, -0.1) is 0 Å². The second-order valence-corrected chi connectivity index (χ2v) is 4.42. The van der Waals surface area contributed by atoms with E-state index in [4.69, 9.17) is 0 Å². The lowest BCUT2D eigenvalue weighted by atomic mass is 10.1. The van der Waals surface area contributed by atoms with Crippen LogP contribution < -0.4 is 5.32 Å². The SMILES string of the molecule is C[C@@H]1C[C@@H](CN2CCCC2)CN1. The van der Waals surface area contributed by atoms with Crippen molar-refractivity contribution in [1.29, 1.82) is 0 Å². The predicted molar refractivity (Wildman–Crippen MR) is 51.2 cm³/mol. The second kappa shape index (κ2) is 3.75. The van der Waals surface area contributed by atoms with Crippen LogP contribution in [0.3, 0.4) is 0 Å². The molecule has 70 valence electrons. The summed E-state index contributed by atoms with van der Waals surface area (Å²) in [5.74, 6) is 0.929. The van der Waals surface area contributed by atoms with Crippen molar-refractivity contribution in [2.24, 2.45) is 5.92 Å². The Balaban J connectivity index is 1.72. The summed E-state index contributed by atoms with van der Waals surface area (Å²) in [6.07, 6.45) is 4.24. The Morgan fingerprint density at radius 1 is 1.33 bits per heavy atom. The third kappa shape index (κ3) is 1.99. The van der Waals surface area contributed by atoms with Gasteiger partial charge >= 0.3 is 0 Å². The zero-order valence-electron chi connectivity index (χ0n) is 8.05. The van der Waals surface area contributed by atoms with E-state index in [1.165, 1.54) is 45.4 Å². The van der Waals surface area contributed by atoms with Crippen molar-refractivity contribution in [2.45, 2.75) is 32.2 Å². The molecule has 0 aliphatic carbocycles. The van der Waals surface area contributed by atoms with E-state index >= 15 is 0 Å². The number of nitrogens with zero attached hydrogens (tertiary/aromatic N) is 1. The van der Waals surface area contributed by atoms with Crippen molar-refractivity contribution < 1.29 is 0 Å². The predicted octanol–water partition coefficient (Wildman–Crippen LogP) is 1.08. The molecule has 0 spiro atoms. The standard InChI is InChI=1S/C10H20N2/c1-9-6-10(7-11-9)8-12-4-2-3-5-12/h9-11H,2-8H2,1H3/t9-,10-/m1/s1. The second-order valence-electron chi connectivity index (χ2n) is 4.42. The topological polar surface area (TPSA) is 15.3 Å². The van der Waals surface area contributed by atoms with Crippen LogP contribution in [0.5, 0.6) is 0 Å². The quantitative estimate of drug-likeness (QED) is 0.664. The van der Waals surface area contributed by atoms with Gasteiger partial charge in [0.25, 0.3) is 0 Å². The molecule has 0 amide bonds. The maximum Gasteiger partial charge on any atom is 0.00424 e. The Morgan fingerprint density at radius 2 is 2.08 bits per heavy atom. The van der Waals surface area contributed by atoms with Crippen LogP contribution in [0.2, 0.25) is 0 Å². The van der Waals surface area contributed by atoms with Gasteiger partial charge < -0.3 is 10.2 Å². The number of hydrogen-bond acceptors (Lipinski definition) is 2. The van der Waals surface area contributed by atoms with Crippen LogP contribution in [0.1, 0.15) is 26.2 Å². The van der Waals surface area contributed by atoms with Crippen LogP contribution in [0.25, 0.3) is 0 Å². The van der Waals surface area contributed by atoms with Gasteiger partial charge in [-0.3, -0.25) is 0 Å². The summed E-state index contributed by atoms with van der Waals surface area (Å²) in [7, 11) is 0. The molecule has 2 atom stereocenters. The molecule has 2 rings (SSSR count). The fraction of sp³-hybridized carbons (Fsp3) is 1.00. The molecule has 2 nitrogen and oxygen atoms in total. The summed E-state index contributed by atoms with van der Waals surface area (Å²) in [6, 6.07) is 0.762. The monoisotopic (exact) mass is 168 g/mol. The number of likely N-dealkylation sites (tertiary alicyclic amines) is 1. The summed E-state index contributed by atoms with van der Waals surface area (Å²) in [5, 5.41) is 3.52. The lowest BCUT2D eigenvalue weighted by molar-refractivity contribution is 0.286. The Bertz CT molecular complexity index is 141. The highest BCUT2D eigenvalue weighted by atomic mass is 15.1. The minimum absolute atomic E-state index is 0.762. The average Bonchev–Trinajstić information content (AvgIpc) is 2.63. The average molecular weight is 168 g/mol. The maximum atomic E-state index is 3.52. The molecule has 0 aromatic carbocycles. The Morgan fingerprint density at radius 3 is 2.67 bits per heavy atom. The fourth-order valence-corrected chi connectivity index (χ4v) is 2.50. The van der Waals surface area contributed by atoms with Crippen molar-refractivity contribution in [3.63, 3.8) is 0 Å². The highest BCUT2D eigenvalue weighted by Crippen LogP contribution is 2.17. The van der Waals surface area contributed by atoms with Gasteiger partial charge in [0.2, 0.25) is 0 Å². The van der Waals surface area contributed by atoms with Crippen LogP contribution in [0.4, 0.5) is 0 Å². The first kappa shape index (κ1) is 8.52. The van der Waals surface area contributed by atoms with Gasteiger partial charge in [-0.25, -0.2) is 0 Å². The summed E-state index contributed by atoms with van der Waals surface area (Å²) >= 11 is 0. The van der Waals surface area contributed by atoms with Gasteiger partial charge in [0.15, 0.2) is 0 Å². The Labute approximate surface area is 75.3 Å². The first-order chi connectivity index (χ1) is 5.84. The number of nitrogens with one attached hydrogen (secondary N) is 1. The van der Waals surface area contributed by atoms with E-state index < -0.39 is 0 Å². The Hall–Kier alpha value is -0.0800. The molecule has 2 aliphatic rings. The number of hydrogen-bond donors (Lipinski definition) is 1. The molecular formula is C10H20N2. The van der Waals surface area contributed by atoms with Crippen molar-refractivity contribution in [3.8, 4) is 0 Å². The molecule has 2 fully saturated rings. The zero-order valence-corrected chi connectivity index (χ0v) is 8.05. The number of rotatable bonds is 2. The van der Waals surface area contributed by atoms with E-state index in [1.807, 2.05) is 0 Å². The van der Waals surface area contributed by atoms with Crippen LogP contribution in [-0.2, 0) is 0 Å². The lowest BCUT2D eigenvalue weighted by Crippen LogP contribution is -2.27. The Kier molecular flexibility index (Phi) is 2.66. The largest absolute Gasteiger partial charge is 0.314 e. The molecule has 2 heteroatoms. The normalized spacial score (nSPS) is 37.8. The molecule has 0 bridgehead atoms. The molecule has 0 unspecified atom stereocenters. The van der Waals surface area contributed by atoms with Crippen molar-refractivity contribution in [2.75, 3.05) is 26.2 Å². The van der Waals surface area contributed by atoms with Crippen LogP contribution in [-0.4, -0.2) is 37.1 Å². The molecule has 0 radical (unpaired) electrons. The smallest absolute Gasteiger partial charge is 0.00424 e. The molecule has 0 saturated carbocycles. The minimum Gasteiger partial charge on any atom is -0.314 e. The van der Waals surface area contributed by atoms with E-state index in [-0.39, 0.29) is 0 Å². The van der Waals surface area contributed by atoms with Crippen molar-refractivity contribution >= 4 is 0 Å². The maximum absolute atomic E-state index is 3.52. The minimum atomic E-state index is 0.762. The fourth-order valence-electron chi connectivity index (χ4n) is 2.50. The van der Waals surface area contributed by atoms with Crippen LogP contribution >= 0.6 is 0 Å². The van der Waals surface area contributed by atoms with Crippen molar-refractivity contribution in [1.82, 2.24) is 10.2 Å².